The van der Waals surface area contributed by atoms with E-state index >= 15 is 0 Å². The SMILES string of the molecule is CN(CC/C(=C/C(=N)Br)NCC=O)C1CCN(C(=O)OC(C)(C)C)CC1. The summed E-state index contributed by atoms with van der Waals surface area (Å²) in [4.78, 5) is 26.7. The summed E-state index contributed by atoms with van der Waals surface area (Å²) in [6.45, 7) is 8.08. The van der Waals surface area contributed by atoms with Gasteiger partial charge < -0.3 is 24.6 Å². The fraction of sp³-hybridized carbons (Fsp3) is 0.722. The molecule has 0 aromatic carbocycles. The summed E-state index contributed by atoms with van der Waals surface area (Å²) in [5.41, 5.74) is 0.391. The molecule has 0 bridgehead atoms. The molecule has 1 rings (SSSR count). The Hall–Kier alpha value is -1.41. The molecule has 26 heavy (non-hydrogen) atoms. The van der Waals surface area contributed by atoms with Crippen LogP contribution in [-0.2, 0) is 9.53 Å². The van der Waals surface area contributed by atoms with Gasteiger partial charge >= 0.3 is 6.09 Å². The number of carbonyl (C=O) groups excluding carboxylic acids is 2. The third-order valence-corrected chi connectivity index (χ3v) is 4.42. The average Bonchev–Trinajstić information content (AvgIpc) is 2.55. The van der Waals surface area contributed by atoms with Crippen molar-refractivity contribution in [2.24, 2.45) is 0 Å². The number of aldehydes is 1. The normalized spacial score (nSPS) is 16.5. The van der Waals surface area contributed by atoms with Crippen molar-refractivity contribution in [2.45, 2.75) is 51.7 Å². The van der Waals surface area contributed by atoms with Gasteiger partial charge in [-0.2, -0.15) is 0 Å². The molecule has 7 nitrogen and oxygen atoms in total. The molecular weight excluding hydrogens is 400 g/mol. The van der Waals surface area contributed by atoms with E-state index in [0.717, 1.165) is 37.8 Å². The van der Waals surface area contributed by atoms with Crippen molar-refractivity contribution in [1.82, 2.24) is 15.1 Å². The number of allylic oxidation sites excluding steroid dienone is 1. The summed E-state index contributed by atoms with van der Waals surface area (Å²) in [5, 5.41) is 10.5. The Labute approximate surface area is 164 Å². The molecule has 0 unspecified atom stereocenters. The number of hydrogen-bond donors (Lipinski definition) is 2. The molecule has 1 saturated heterocycles. The second kappa shape index (κ2) is 10.7. The Morgan fingerprint density at radius 1 is 1.38 bits per heavy atom. The molecule has 148 valence electrons. The van der Waals surface area contributed by atoms with Gasteiger partial charge in [0.1, 0.15) is 11.9 Å². The van der Waals surface area contributed by atoms with Crippen LogP contribution in [0.4, 0.5) is 4.79 Å². The maximum atomic E-state index is 12.1. The topological polar surface area (TPSA) is 85.7 Å². The average molecular weight is 431 g/mol. The van der Waals surface area contributed by atoms with E-state index < -0.39 is 5.60 Å². The maximum absolute atomic E-state index is 12.1. The quantitative estimate of drug-likeness (QED) is 0.456. The van der Waals surface area contributed by atoms with E-state index in [-0.39, 0.29) is 17.3 Å². The Morgan fingerprint density at radius 3 is 2.50 bits per heavy atom. The van der Waals surface area contributed by atoms with Crippen LogP contribution in [0.15, 0.2) is 11.8 Å². The van der Waals surface area contributed by atoms with Crippen molar-refractivity contribution in [3.05, 3.63) is 11.8 Å². The predicted molar refractivity (Wildman–Crippen MR) is 107 cm³/mol. The highest BCUT2D eigenvalue weighted by atomic mass is 79.9. The summed E-state index contributed by atoms with van der Waals surface area (Å²) >= 11 is 3.11. The minimum atomic E-state index is -0.467. The van der Waals surface area contributed by atoms with Crippen LogP contribution in [0.5, 0.6) is 0 Å². The molecule has 0 aromatic rings. The second-order valence-electron chi connectivity index (χ2n) is 7.49. The van der Waals surface area contributed by atoms with Gasteiger partial charge in [0.2, 0.25) is 0 Å². The summed E-state index contributed by atoms with van der Waals surface area (Å²) < 4.78 is 5.71. The van der Waals surface area contributed by atoms with Crippen LogP contribution in [0.2, 0.25) is 0 Å². The Kier molecular flexibility index (Phi) is 9.29. The van der Waals surface area contributed by atoms with Gasteiger partial charge in [-0.25, -0.2) is 4.79 Å². The number of amides is 1. The molecule has 8 heteroatoms. The number of likely N-dealkylation sites (tertiary alicyclic amines) is 1. The van der Waals surface area contributed by atoms with Gasteiger partial charge in [0, 0.05) is 31.4 Å². The Balaban J connectivity index is 2.45. The minimum absolute atomic E-state index is 0.238. The van der Waals surface area contributed by atoms with Crippen molar-refractivity contribution in [2.75, 3.05) is 33.2 Å². The number of nitrogens with one attached hydrogen (secondary N) is 2. The molecule has 0 saturated carbocycles. The van der Waals surface area contributed by atoms with Gasteiger partial charge in [-0.1, -0.05) is 0 Å². The zero-order valence-electron chi connectivity index (χ0n) is 16.2. The van der Waals surface area contributed by atoms with Crippen molar-refractivity contribution >= 4 is 32.9 Å². The zero-order valence-corrected chi connectivity index (χ0v) is 17.8. The molecular formula is C18H31BrN4O3. The largest absolute Gasteiger partial charge is 0.444 e. The first-order chi connectivity index (χ1) is 12.1. The number of piperidine rings is 1. The summed E-state index contributed by atoms with van der Waals surface area (Å²) in [5.74, 6) is 0. The summed E-state index contributed by atoms with van der Waals surface area (Å²) in [7, 11) is 2.07. The molecule has 1 fully saturated rings. The van der Waals surface area contributed by atoms with Crippen LogP contribution < -0.4 is 5.32 Å². The lowest BCUT2D eigenvalue weighted by molar-refractivity contribution is -0.107. The highest BCUT2D eigenvalue weighted by Crippen LogP contribution is 2.19. The molecule has 0 spiro atoms. The van der Waals surface area contributed by atoms with Crippen LogP contribution >= 0.6 is 15.9 Å². The van der Waals surface area contributed by atoms with Gasteiger partial charge in [-0.15, -0.1) is 0 Å². The first kappa shape index (κ1) is 22.6. The van der Waals surface area contributed by atoms with E-state index in [4.69, 9.17) is 10.1 Å². The smallest absolute Gasteiger partial charge is 0.410 e. The number of hydrogen-bond acceptors (Lipinski definition) is 6. The lowest BCUT2D eigenvalue weighted by Crippen LogP contribution is -2.47. The molecule has 0 atom stereocenters. The molecule has 0 radical (unpaired) electrons. The van der Waals surface area contributed by atoms with Crippen LogP contribution in [-0.4, -0.2) is 71.7 Å². The highest BCUT2D eigenvalue weighted by Gasteiger charge is 2.28. The molecule has 2 N–H and O–H groups in total. The van der Waals surface area contributed by atoms with Crippen molar-refractivity contribution in [3.8, 4) is 0 Å². The Morgan fingerprint density at radius 2 is 2.00 bits per heavy atom. The number of ether oxygens (including phenoxy) is 1. The molecule has 1 heterocycles. The van der Waals surface area contributed by atoms with E-state index in [1.54, 1.807) is 11.0 Å². The number of halogens is 1. The van der Waals surface area contributed by atoms with Gasteiger partial charge in [0.15, 0.2) is 0 Å². The maximum Gasteiger partial charge on any atom is 0.410 e. The van der Waals surface area contributed by atoms with Crippen molar-refractivity contribution in [1.29, 1.82) is 5.41 Å². The van der Waals surface area contributed by atoms with Crippen LogP contribution in [0.25, 0.3) is 0 Å². The molecule has 0 aliphatic carbocycles. The number of carbonyl (C=O) groups is 2. The van der Waals surface area contributed by atoms with E-state index in [0.29, 0.717) is 19.1 Å². The predicted octanol–water partition coefficient (Wildman–Crippen LogP) is 2.75. The number of rotatable bonds is 8. The van der Waals surface area contributed by atoms with Gasteiger partial charge in [0.05, 0.1) is 11.2 Å². The summed E-state index contributed by atoms with van der Waals surface area (Å²) in [6, 6.07) is 0.407. The fourth-order valence-electron chi connectivity index (χ4n) is 2.83. The van der Waals surface area contributed by atoms with Gasteiger partial charge in [-0.3, -0.25) is 5.41 Å². The van der Waals surface area contributed by atoms with E-state index in [1.807, 2.05) is 20.8 Å². The standard InChI is InChI=1S/C18H31BrN4O3/c1-18(2,3)26-17(25)23-10-6-15(7-11-23)22(4)9-5-14(13-16(19)20)21-8-12-24/h12-13,15,20-21H,5-11H2,1-4H3/b14-13-,20-16?. The monoisotopic (exact) mass is 430 g/mol. The molecule has 1 aliphatic rings. The Bertz CT molecular complexity index is 523. The lowest BCUT2D eigenvalue weighted by atomic mass is 10.0. The first-order valence-corrected chi connectivity index (χ1v) is 9.72. The molecule has 1 aliphatic heterocycles. The fourth-order valence-corrected chi connectivity index (χ4v) is 3.11. The number of nitrogens with zero attached hydrogens (tertiary/aromatic N) is 2. The van der Waals surface area contributed by atoms with Crippen LogP contribution in [0.1, 0.15) is 40.0 Å². The highest BCUT2D eigenvalue weighted by molar-refractivity contribution is 9.18. The third kappa shape index (κ3) is 8.80. The zero-order chi connectivity index (χ0) is 19.7. The van der Waals surface area contributed by atoms with Gasteiger partial charge in [0.25, 0.3) is 0 Å². The van der Waals surface area contributed by atoms with E-state index in [9.17, 15) is 9.59 Å². The van der Waals surface area contributed by atoms with Crippen molar-refractivity contribution in [3.63, 3.8) is 0 Å². The first-order valence-electron chi connectivity index (χ1n) is 8.92. The van der Waals surface area contributed by atoms with E-state index in [1.165, 1.54) is 0 Å². The minimum Gasteiger partial charge on any atom is -0.444 e. The molecule has 0 aromatic heterocycles. The van der Waals surface area contributed by atoms with Crippen LogP contribution in [0.3, 0.4) is 0 Å². The molecule has 1 amide bonds. The van der Waals surface area contributed by atoms with Gasteiger partial charge in [-0.05, 0) is 69.1 Å². The third-order valence-electron chi connectivity index (χ3n) is 4.19. The summed E-state index contributed by atoms with van der Waals surface area (Å²) in [6.07, 6.45) is 4.79. The van der Waals surface area contributed by atoms with E-state index in [2.05, 4.69) is 33.2 Å². The lowest BCUT2D eigenvalue weighted by Gasteiger charge is -2.37. The van der Waals surface area contributed by atoms with Crippen LogP contribution in [0, 0.1) is 5.41 Å². The second-order valence-corrected chi connectivity index (χ2v) is 8.35. The van der Waals surface area contributed by atoms with Crippen molar-refractivity contribution < 1.29 is 14.3 Å².